The molecule has 20 heavy (non-hydrogen) atoms. The van der Waals surface area contributed by atoms with Gasteiger partial charge in [0.05, 0.1) is 11.8 Å². The van der Waals surface area contributed by atoms with Crippen LogP contribution in [0.5, 0.6) is 5.88 Å². The minimum absolute atomic E-state index is 0.0725. The lowest BCUT2D eigenvalue weighted by Gasteiger charge is -2.05. The largest absolute Gasteiger partial charge is 0.493 e. The van der Waals surface area contributed by atoms with Crippen LogP contribution in [0.3, 0.4) is 0 Å². The van der Waals surface area contributed by atoms with Gasteiger partial charge in [-0.15, -0.1) is 0 Å². The van der Waals surface area contributed by atoms with Crippen molar-refractivity contribution < 1.29 is 13.9 Å². The first-order valence-corrected chi connectivity index (χ1v) is 5.77. The van der Waals surface area contributed by atoms with Crippen LogP contribution in [0.4, 0.5) is 4.39 Å². The van der Waals surface area contributed by atoms with Crippen LogP contribution in [0.15, 0.2) is 52.1 Å². The van der Waals surface area contributed by atoms with Crippen molar-refractivity contribution in [3.8, 4) is 28.4 Å². The molecule has 6 heteroatoms. The average Bonchev–Trinajstić information content (AvgIpc) is 2.91. The number of rotatable bonds is 2. The normalized spacial score (nSPS) is 10.7. The van der Waals surface area contributed by atoms with E-state index in [0.29, 0.717) is 5.56 Å². The first-order chi connectivity index (χ1) is 9.65. The molecule has 0 aliphatic heterocycles. The Labute approximate surface area is 112 Å². The van der Waals surface area contributed by atoms with E-state index in [-0.39, 0.29) is 17.0 Å². The van der Waals surface area contributed by atoms with Crippen LogP contribution < -0.4 is 5.56 Å². The highest BCUT2D eigenvalue weighted by molar-refractivity contribution is 5.69. The molecular weight excluding hydrogens is 263 g/mol. The van der Waals surface area contributed by atoms with Gasteiger partial charge in [-0.2, -0.15) is 4.98 Å². The second kappa shape index (κ2) is 4.65. The van der Waals surface area contributed by atoms with E-state index in [2.05, 4.69) is 9.97 Å². The Morgan fingerprint density at radius 2 is 2.10 bits per heavy atom. The summed E-state index contributed by atoms with van der Waals surface area (Å²) in [7, 11) is 0. The predicted molar refractivity (Wildman–Crippen MR) is 69.6 cm³/mol. The van der Waals surface area contributed by atoms with Gasteiger partial charge in [-0.3, -0.25) is 4.79 Å². The van der Waals surface area contributed by atoms with Crippen LogP contribution in [-0.2, 0) is 0 Å². The minimum Gasteiger partial charge on any atom is -0.493 e. The highest BCUT2D eigenvalue weighted by atomic mass is 19.1. The molecule has 0 unspecified atom stereocenters. The van der Waals surface area contributed by atoms with E-state index in [1.54, 1.807) is 6.07 Å². The maximum absolute atomic E-state index is 13.2. The predicted octanol–water partition coefficient (Wildman–Crippen LogP) is 2.54. The minimum atomic E-state index is -0.556. The number of benzene rings is 1. The van der Waals surface area contributed by atoms with Crippen molar-refractivity contribution in [2.45, 2.75) is 0 Å². The van der Waals surface area contributed by atoms with Gasteiger partial charge < -0.3 is 14.5 Å². The fraction of sp³-hybridized carbons (Fsp3) is 0. The smallest absolute Gasteiger partial charge is 0.262 e. The molecule has 0 aliphatic rings. The molecule has 2 aromatic heterocycles. The molecule has 0 saturated carbocycles. The maximum Gasteiger partial charge on any atom is 0.262 e. The lowest BCUT2D eigenvalue weighted by molar-refractivity contribution is 0.454. The number of hydrogen-bond acceptors (Lipinski definition) is 4. The lowest BCUT2D eigenvalue weighted by atomic mass is 10.1. The zero-order valence-corrected chi connectivity index (χ0v) is 10.1. The topological polar surface area (TPSA) is 79.1 Å². The summed E-state index contributed by atoms with van der Waals surface area (Å²) in [5.74, 6) is -0.780. The van der Waals surface area contributed by atoms with Crippen molar-refractivity contribution in [3.05, 3.63) is 59.0 Å². The third kappa shape index (κ3) is 2.07. The maximum atomic E-state index is 13.2. The molecule has 0 bridgehead atoms. The standard InChI is InChI=1S/C14H9FN2O3/c15-10-3-1-2-8(6-10)11-13(18)16-12(17-14(11)19)9-4-5-20-7-9/h1-7H,(H2,16,17,18,19). The SMILES string of the molecule is O=c1[nH]c(-c2ccoc2)nc(O)c1-c1cccc(F)c1. The Kier molecular flexibility index (Phi) is 2.83. The van der Waals surface area contributed by atoms with E-state index in [4.69, 9.17) is 4.42 Å². The summed E-state index contributed by atoms with van der Waals surface area (Å²) >= 11 is 0. The first kappa shape index (κ1) is 12.2. The summed E-state index contributed by atoms with van der Waals surface area (Å²) in [5, 5.41) is 9.93. The zero-order valence-electron chi connectivity index (χ0n) is 10.1. The van der Waals surface area contributed by atoms with E-state index >= 15 is 0 Å². The first-order valence-electron chi connectivity index (χ1n) is 5.77. The summed E-state index contributed by atoms with van der Waals surface area (Å²) in [4.78, 5) is 18.5. The number of aromatic hydroxyl groups is 1. The third-order valence-electron chi connectivity index (χ3n) is 2.81. The fourth-order valence-corrected chi connectivity index (χ4v) is 1.90. The monoisotopic (exact) mass is 272 g/mol. The van der Waals surface area contributed by atoms with Gasteiger partial charge >= 0.3 is 0 Å². The van der Waals surface area contributed by atoms with E-state index in [1.807, 2.05) is 0 Å². The summed E-state index contributed by atoms with van der Waals surface area (Å²) in [6.45, 7) is 0. The summed E-state index contributed by atoms with van der Waals surface area (Å²) < 4.78 is 18.1. The summed E-state index contributed by atoms with van der Waals surface area (Å²) in [6.07, 6.45) is 2.81. The summed E-state index contributed by atoms with van der Waals surface area (Å²) in [6, 6.07) is 6.98. The van der Waals surface area contributed by atoms with Gasteiger partial charge in [0.15, 0.2) is 0 Å². The molecule has 0 aliphatic carbocycles. The van der Waals surface area contributed by atoms with Crippen LogP contribution in [0.25, 0.3) is 22.5 Å². The van der Waals surface area contributed by atoms with Crippen LogP contribution in [-0.4, -0.2) is 15.1 Å². The molecule has 2 heterocycles. The van der Waals surface area contributed by atoms with Crippen molar-refractivity contribution in [1.82, 2.24) is 9.97 Å². The molecule has 0 fully saturated rings. The number of nitrogens with zero attached hydrogens (tertiary/aromatic N) is 1. The number of hydrogen-bond donors (Lipinski definition) is 2. The number of aromatic nitrogens is 2. The molecule has 0 spiro atoms. The van der Waals surface area contributed by atoms with Crippen molar-refractivity contribution in [2.75, 3.05) is 0 Å². The number of aromatic amines is 1. The summed E-state index contributed by atoms with van der Waals surface area (Å²) in [5.41, 5.74) is 0.161. The van der Waals surface area contributed by atoms with Gasteiger partial charge in [-0.25, -0.2) is 4.39 Å². The quantitative estimate of drug-likeness (QED) is 0.751. The van der Waals surface area contributed by atoms with Crippen LogP contribution in [0, 0.1) is 5.82 Å². The average molecular weight is 272 g/mol. The number of nitrogens with one attached hydrogen (secondary N) is 1. The molecule has 0 saturated heterocycles. The molecule has 0 amide bonds. The Morgan fingerprint density at radius 3 is 2.75 bits per heavy atom. The fourth-order valence-electron chi connectivity index (χ4n) is 1.90. The second-order valence-corrected chi connectivity index (χ2v) is 4.14. The Morgan fingerprint density at radius 1 is 1.25 bits per heavy atom. The highest BCUT2D eigenvalue weighted by Crippen LogP contribution is 2.26. The van der Waals surface area contributed by atoms with Crippen LogP contribution in [0.2, 0.25) is 0 Å². The Hall–Kier alpha value is -2.89. The molecule has 1 aromatic carbocycles. The third-order valence-corrected chi connectivity index (χ3v) is 2.81. The van der Waals surface area contributed by atoms with E-state index in [1.165, 1.54) is 30.7 Å². The van der Waals surface area contributed by atoms with Crippen LogP contribution in [0.1, 0.15) is 0 Å². The zero-order chi connectivity index (χ0) is 14.1. The number of furan rings is 1. The lowest BCUT2D eigenvalue weighted by Crippen LogP contribution is -2.12. The molecule has 0 radical (unpaired) electrons. The molecule has 2 N–H and O–H groups in total. The van der Waals surface area contributed by atoms with E-state index in [9.17, 15) is 14.3 Å². The van der Waals surface area contributed by atoms with Gasteiger partial charge in [0.1, 0.15) is 23.5 Å². The van der Waals surface area contributed by atoms with Gasteiger partial charge in [0.25, 0.3) is 5.56 Å². The molecule has 100 valence electrons. The van der Waals surface area contributed by atoms with Crippen molar-refractivity contribution >= 4 is 0 Å². The van der Waals surface area contributed by atoms with Gasteiger partial charge in [0.2, 0.25) is 5.88 Å². The van der Waals surface area contributed by atoms with Gasteiger partial charge in [-0.1, -0.05) is 12.1 Å². The number of halogens is 1. The molecular formula is C14H9FN2O3. The molecule has 3 aromatic rings. The molecule has 3 rings (SSSR count). The van der Waals surface area contributed by atoms with Crippen LogP contribution >= 0.6 is 0 Å². The molecule has 5 nitrogen and oxygen atoms in total. The molecule has 0 atom stereocenters. The second-order valence-electron chi connectivity index (χ2n) is 4.14. The van der Waals surface area contributed by atoms with Gasteiger partial charge in [-0.05, 0) is 23.8 Å². The van der Waals surface area contributed by atoms with E-state index < -0.39 is 17.3 Å². The number of H-pyrrole nitrogens is 1. The van der Waals surface area contributed by atoms with Crippen molar-refractivity contribution in [2.24, 2.45) is 0 Å². The van der Waals surface area contributed by atoms with E-state index in [0.717, 1.165) is 6.07 Å². The van der Waals surface area contributed by atoms with Gasteiger partial charge in [0, 0.05) is 0 Å². The Balaban J connectivity index is 2.17. The highest BCUT2D eigenvalue weighted by Gasteiger charge is 2.14. The van der Waals surface area contributed by atoms with Crippen molar-refractivity contribution in [1.29, 1.82) is 0 Å². The van der Waals surface area contributed by atoms with Crippen molar-refractivity contribution in [3.63, 3.8) is 0 Å². The Bertz CT molecular complexity index is 810.